The van der Waals surface area contributed by atoms with Crippen molar-refractivity contribution in [1.29, 1.82) is 0 Å². The molecule has 1 unspecified atom stereocenters. The second kappa shape index (κ2) is 9.47. The number of rotatable bonds is 6. The molecule has 0 radical (unpaired) electrons. The van der Waals surface area contributed by atoms with E-state index in [1.54, 1.807) is 24.3 Å². The molecular formula is C23H23F2N5O3. The lowest BCUT2D eigenvalue weighted by Crippen LogP contribution is -2.52. The number of nitrogens with one attached hydrogen (secondary N) is 1. The Morgan fingerprint density at radius 1 is 1.00 bits per heavy atom. The number of carbonyl (C=O) groups excluding carboxylic acids is 1. The van der Waals surface area contributed by atoms with E-state index >= 15 is 0 Å². The summed E-state index contributed by atoms with van der Waals surface area (Å²) >= 11 is 0. The average molecular weight is 455 g/mol. The fourth-order valence-electron chi connectivity index (χ4n) is 3.81. The molecule has 8 nitrogen and oxygen atoms in total. The number of amides is 1. The number of halogens is 2. The van der Waals surface area contributed by atoms with Gasteiger partial charge in [-0.2, -0.15) is 0 Å². The normalized spacial score (nSPS) is 15.0. The zero-order chi connectivity index (χ0) is 23.5. The number of aromatic nitrogens is 2. The molecule has 1 aromatic heterocycles. The molecule has 3 N–H and O–H groups in total. The fraction of sp³-hybridized carbons (Fsp3) is 0.261. The first kappa shape index (κ1) is 22.6. The number of piperazine rings is 1. The van der Waals surface area contributed by atoms with E-state index in [1.165, 1.54) is 17.2 Å². The minimum Gasteiger partial charge on any atom is -0.322 e. The summed E-state index contributed by atoms with van der Waals surface area (Å²) in [4.78, 5) is 40.2. The minimum absolute atomic E-state index is 0.0318. The van der Waals surface area contributed by atoms with Crippen molar-refractivity contribution in [2.75, 3.05) is 24.5 Å². The minimum atomic E-state index is -0.819. The van der Waals surface area contributed by atoms with Gasteiger partial charge < -0.3 is 16.0 Å². The summed E-state index contributed by atoms with van der Waals surface area (Å²) in [6, 6.07) is 11.6. The molecule has 172 valence electrons. The molecule has 10 heteroatoms. The molecule has 1 saturated heterocycles. The van der Waals surface area contributed by atoms with Crippen LogP contribution in [0.15, 0.2) is 64.3 Å². The SMILES string of the molecule is NC(Cn1c(=O)c(N2CCNCC2=O)cn(Cc2c(F)cccc2F)c1=O)c1ccccc1. The molecule has 33 heavy (non-hydrogen) atoms. The van der Waals surface area contributed by atoms with E-state index in [0.29, 0.717) is 12.1 Å². The zero-order valence-corrected chi connectivity index (χ0v) is 17.7. The summed E-state index contributed by atoms with van der Waals surface area (Å²) in [6.45, 7) is 0.0753. The zero-order valence-electron chi connectivity index (χ0n) is 17.7. The summed E-state index contributed by atoms with van der Waals surface area (Å²) in [5.74, 6) is -1.99. The van der Waals surface area contributed by atoms with E-state index < -0.39 is 35.5 Å². The number of nitrogens with zero attached hydrogens (tertiary/aromatic N) is 3. The monoisotopic (exact) mass is 455 g/mol. The van der Waals surface area contributed by atoms with E-state index in [9.17, 15) is 23.2 Å². The highest BCUT2D eigenvalue weighted by molar-refractivity contribution is 5.95. The van der Waals surface area contributed by atoms with E-state index in [2.05, 4.69) is 5.32 Å². The summed E-state index contributed by atoms with van der Waals surface area (Å²) in [5.41, 5.74) is 5.13. The van der Waals surface area contributed by atoms with Crippen molar-refractivity contribution in [3.8, 4) is 0 Å². The van der Waals surface area contributed by atoms with Crippen LogP contribution in [0.2, 0.25) is 0 Å². The molecule has 0 aliphatic carbocycles. The highest BCUT2D eigenvalue weighted by Gasteiger charge is 2.25. The number of carbonyl (C=O) groups is 1. The van der Waals surface area contributed by atoms with Crippen molar-refractivity contribution in [2.45, 2.75) is 19.1 Å². The lowest BCUT2D eigenvalue weighted by atomic mass is 10.1. The second-order valence-electron chi connectivity index (χ2n) is 7.78. The standard InChI is InChI=1S/C23H23F2N5O3/c24-17-7-4-8-18(25)16(17)12-28-14-20(29-10-9-27-11-21(29)31)22(32)30(23(28)33)13-19(26)15-5-2-1-3-6-15/h1-8,14,19,27H,9-13,26H2. The highest BCUT2D eigenvalue weighted by Crippen LogP contribution is 2.16. The van der Waals surface area contributed by atoms with Crippen molar-refractivity contribution < 1.29 is 13.6 Å². The molecule has 2 heterocycles. The third-order valence-electron chi connectivity index (χ3n) is 5.60. The molecule has 1 fully saturated rings. The second-order valence-corrected chi connectivity index (χ2v) is 7.78. The molecule has 1 atom stereocenters. The Morgan fingerprint density at radius 3 is 2.36 bits per heavy atom. The smallest absolute Gasteiger partial charge is 0.322 e. The van der Waals surface area contributed by atoms with Crippen molar-refractivity contribution in [3.05, 3.63) is 98.3 Å². The maximum atomic E-state index is 14.3. The van der Waals surface area contributed by atoms with E-state index in [4.69, 9.17) is 5.73 Å². The van der Waals surface area contributed by atoms with Crippen LogP contribution in [0.25, 0.3) is 0 Å². The van der Waals surface area contributed by atoms with Crippen molar-refractivity contribution in [2.24, 2.45) is 5.73 Å². The van der Waals surface area contributed by atoms with E-state index in [-0.39, 0.29) is 36.8 Å². The van der Waals surface area contributed by atoms with Gasteiger partial charge in [0, 0.05) is 30.9 Å². The van der Waals surface area contributed by atoms with Gasteiger partial charge in [-0.1, -0.05) is 36.4 Å². The maximum Gasteiger partial charge on any atom is 0.331 e. The average Bonchev–Trinajstić information content (AvgIpc) is 2.81. The third-order valence-corrected chi connectivity index (χ3v) is 5.60. The van der Waals surface area contributed by atoms with Crippen molar-refractivity contribution in [3.63, 3.8) is 0 Å². The first-order valence-corrected chi connectivity index (χ1v) is 10.5. The Morgan fingerprint density at radius 2 is 1.70 bits per heavy atom. The molecule has 2 aromatic carbocycles. The molecule has 1 aliphatic heterocycles. The molecule has 4 rings (SSSR count). The molecule has 0 saturated carbocycles. The van der Waals surface area contributed by atoms with Crippen LogP contribution in [0.3, 0.4) is 0 Å². The molecular weight excluding hydrogens is 432 g/mol. The highest BCUT2D eigenvalue weighted by atomic mass is 19.1. The molecule has 0 bridgehead atoms. The third kappa shape index (κ3) is 4.62. The molecule has 0 spiro atoms. The van der Waals surface area contributed by atoms with Gasteiger partial charge in [0.15, 0.2) is 0 Å². The fourth-order valence-corrected chi connectivity index (χ4v) is 3.81. The number of hydrogen-bond donors (Lipinski definition) is 2. The quantitative estimate of drug-likeness (QED) is 0.577. The van der Waals surface area contributed by atoms with Crippen LogP contribution in [-0.2, 0) is 17.9 Å². The van der Waals surface area contributed by atoms with Gasteiger partial charge in [0.2, 0.25) is 5.91 Å². The first-order chi connectivity index (χ1) is 15.9. The van der Waals surface area contributed by atoms with Gasteiger partial charge in [0.25, 0.3) is 5.56 Å². The van der Waals surface area contributed by atoms with Crippen LogP contribution in [0.1, 0.15) is 17.2 Å². The lowest BCUT2D eigenvalue weighted by molar-refractivity contribution is -0.118. The molecule has 1 amide bonds. The topological polar surface area (TPSA) is 102 Å². The Hall–Kier alpha value is -3.63. The Balaban J connectivity index is 1.83. The van der Waals surface area contributed by atoms with Crippen LogP contribution in [0.4, 0.5) is 14.5 Å². The molecule has 3 aromatic rings. The Labute approximate surface area is 187 Å². The Kier molecular flexibility index (Phi) is 6.47. The number of nitrogens with two attached hydrogens (primary N) is 1. The van der Waals surface area contributed by atoms with Gasteiger partial charge in [-0.15, -0.1) is 0 Å². The number of hydrogen-bond acceptors (Lipinski definition) is 5. The van der Waals surface area contributed by atoms with Crippen LogP contribution in [-0.4, -0.2) is 34.7 Å². The van der Waals surface area contributed by atoms with Gasteiger partial charge in [-0.3, -0.25) is 18.7 Å². The van der Waals surface area contributed by atoms with Crippen molar-refractivity contribution in [1.82, 2.24) is 14.5 Å². The predicted octanol–water partition coefficient (Wildman–Crippen LogP) is 0.973. The first-order valence-electron chi connectivity index (χ1n) is 10.5. The summed E-state index contributed by atoms with van der Waals surface area (Å²) in [7, 11) is 0. The summed E-state index contributed by atoms with van der Waals surface area (Å²) in [5, 5.41) is 2.92. The van der Waals surface area contributed by atoms with Crippen molar-refractivity contribution >= 4 is 11.6 Å². The summed E-state index contributed by atoms with van der Waals surface area (Å²) < 4.78 is 30.5. The number of benzene rings is 2. The largest absolute Gasteiger partial charge is 0.331 e. The van der Waals surface area contributed by atoms with Crippen LogP contribution >= 0.6 is 0 Å². The Bertz CT molecular complexity index is 1270. The van der Waals surface area contributed by atoms with E-state index in [1.807, 2.05) is 6.07 Å². The van der Waals surface area contributed by atoms with Crippen LogP contribution in [0.5, 0.6) is 0 Å². The predicted molar refractivity (Wildman–Crippen MR) is 119 cm³/mol. The lowest BCUT2D eigenvalue weighted by Gasteiger charge is -2.28. The van der Waals surface area contributed by atoms with Crippen LogP contribution < -0.4 is 27.2 Å². The van der Waals surface area contributed by atoms with E-state index in [0.717, 1.165) is 21.3 Å². The van der Waals surface area contributed by atoms with Crippen LogP contribution in [0, 0.1) is 11.6 Å². The van der Waals surface area contributed by atoms with Gasteiger partial charge in [-0.25, -0.2) is 13.6 Å². The summed E-state index contributed by atoms with van der Waals surface area (Å²) in [6.07, 6.45) is 1.18. The van der Waals surface area contributed by atoms with Gasteiger partial charge >= 0.3 is 5.69 Å². The van der Waals surface area contributed by atoms with Gasteiger partial charge in [-0.05, 0) is 17.7 Å². The maximum absolute atomic E-state index is 14.3. The van der Waals surface area contributed by atoms with Gasteiger partial charge in [0.05, 0.1) is 19.6 Å². The number of anilines is 1. The van der Waals surface area contributed by atoms with Gasteiger partial charge in [0.1, 0.15) is 17.3 Å². The molecule has 1 aliphatic rings.